The second kappa shape index (κ2) is 18.5. The van der Waals surface area contributed by atoms with Gasteiger partial charge >= 0.3 is 0 Å². The Balaban J connectivity index is 1.42. The van der Waals surface area contributed by atoms with Crippen molar-refractivity contribution < 1.29 is 9.47 Å². The number of rotatable bonds is 14. The Labute approximate surface area is 290 Å². The molecule has 1 heterocycles. The Morgan fingerprint density at radius 1 is 0.612 bits per heavy atom. The van der Waals surface area contributed by atoms with Crippen molar-refractivity contribution >= 4 is 0 Å². The molecule has 0 atom stereocenters. The van der Waals surface area contributed by atoms with Gasteiger partial charge in [-0.2, -0.15) is 5.26 Å². The van der Waals surface area contributed by atoms with Gasteiger partial charge in [-0.05, 0) is 61.4 Å². The fourth-order valence-electron chi connectivity index (χ4n) is 5.15. The molecule has 0 N–H and O–H groups in total. The Kier molecular flexibility index (Phi) is 13.1. The fraction of sp³-hybridized carbons (Fsp3) is 0.279. The van der Waals surface area contributed by atoms with Gasteiger partial charge in [-0.1, -0.05) is 112 Å². The van der Waals surface area contributed by atoms with Crippen molar-refractivity contribution in [2.75, 3.05) is 13.2 Å². The maximum absolute atomic E-state index is 9.16. The SMILES string of the molecule is CCCCCCOc1cc(C#Cc2ccc(-n3cc(-c4ccccc4)nn3)cc2)c(OCCCCCC)cc1C#Cc1ccc(C#N)cc1. The van der Waals surface area contributed by atoms with E-state index >= 15 is 0 Å². The van der Waals surface area contributed by atoms with Crippen molar-refractivity contribution in [1.29, 1.82) is 5.26 Å². The molecule has 0 amide bonds. The monoisotopic (exact) mass is 646 g/mol. The minimum absolute atomic E-state index is 0.603. The van der Waals surface area contributed by atoms with Gasteiger partial charge in [-0.25, -0.2) is 4.68 Å². The van der Waals surface area contributed by atoms with Gasteiger partial charge in [-0.15, -0.1) is 5.10 Å². The van der Waals surface area contributed by atoms with E-state index < -0.39 is 0 Å². The zero-order valence-corrected chi connectivity index (χ0v) is 28.4. The van der Waals surface area contributed by atoms with Crippen LogP contribution in [0.5, 0.6) is 11.5 Å². The maximum atomic E-state index is 9.16. The summed E-state index contributed by atoms with van der Waals surface area (Å²) in [5, 5.41) is 17.8. The molecule has 0 fully saturated rings. The van der Waals surface area contributed by atoms with Gasteiger partial charge in [0.25, 0.3) is 0 Å². The summed E-state index contributed by atoms with van der Waals surface area (Å²) in [5.74, 6) is 14.6. The average Bonchev–Trinajstić information content (AvgIpc) is 3.65. The predicted molar refractivity (Wildman–Crippen MR) is 196 cm³/mol. The number of unbranched alkanes of at least 4 members (excludes halogenated alkanes) is 6. The first-order valence-electron chi connectivity index (χ1n) is 17.2. The molecule has 0 aliphatic heterocycles. The highest BCUT2D eigenvalue weighted by Crippen LogP contribution is 2.29. The maximum Gasteiger partial charge on any atom is 0.136 e. The summed E-state index contributed by atoms with van der Waals surface area (Å²) in [4.78, 5) is 0. The van der Waals surface area contributed by atoms with Crippen LogP contribution < -0.4 is 9.47 Å². The van der Waals surface area contributed by atoms with Crippen molar-refractivity contribution in [3.8, 4) is 58.2 Å². The Morgan fingerprint density at radius 2 is 1.14 bits per heavy atom. The third-order valence-electron chi connectivity index (χ3n) is 7.98. The molecule has 1 aromatic heterocycles. The third-order valence-corrected chi connectivity index (χ3v) is 7.98. The van der Waals surface area contributed by atoms with E-state index in [1.165, 1.54) is 25.7 Å². The van der Waals surface area contributed by atoms with Crippen LogP contribution in [0.2, 0.25) is 0 Å². The normalized spacial score (nSPS) is 10.3. The summed E-state index contributed by atoms with van der Waals surface area (Å²) in [6.45, 7) is 5.61. The Morgan fingerprint density at radius 3 is 1.67 bits per heavy atom. The number of nitriles is 1. The first-order chi connectivity index (χ1) is 24.2. The van der Waals surface area contributed by atoms with Crippen LogP contribution in [0.15, 0.2) is 97.2 Å². The summed E-state index contributed by atoms with van der Waals surface area (Å²) in [6, 6.07) is 31.3. The smallest absolute Gasteiger partial charge is 0.136 e. The van der Waals surface area contributed by atoms with Crippen LogP contribution >= 0.6 is 0 Å². The minimum atomic E-state index is 0.603. The molecule has 0 radical (unpaired) electrons. The first-order valence-corrected chi connectivity index (χ1v) is 17.2. The summed E-state index contributed by atoms with van der Waals surface area (Å²) < 4.78 is 14.4. The summed E-state index contributed by atoms with van der Waals surface area (Å²) in [6.07, 6.45) is 10.8. The van der Waals surface area contributed by atoms with Crippen LogP contribution in [0, 0.1) is 35.0 Å². The number of hydrogen-bond donors (Lipinski definition) is 0. The van der Waals surface area contributed by atoms with E-state index in [0.717, 1.165) is 64.9 Å². The van der Waals surface area contributed by atoms with E-state index in [1.54, 1.807) is 16.8 Å². The molecule has 49 heavy (non-hydrogen) atoms. The van der Waals surface area contributed by atoms with Gasteiger partial charge in [0.15, 0.2) is 0 Å². The van der Waals surface area contributed by atoms with Crippen molar-refractivity contribution in [2.24, 2.45) is 0 Å². The van der Waals surface area contributed by atoms with Crippen LogP contribution in [0.1, 0.15) is 93.0 Å². The van der Waals surface area contributed by atoms with Gasteiger partial charge < -0.3 is 9.47 Å². The zero-order chi connectivity index (χ0) is 34.1. The van der Waals surface area contributed by atoms with E-state index in [2.05, 4.69) is 53.9 Å². The van der Waals surface area contributed by atoms with Gasteiger partial charge in [0, 0.05) is 28.8 Å². The van der Waals surface area contributed by atoms with Crippen molar-refractivity contribution in [1.82, 2.24) is 15.0 Å². The Hall–Kier alpha value is -5.77. The largest absolute Gasteiger partial charge is 0.492 e. The highest BCUT2D eigenvalue weighted by molar-refractivity contribution is 5.61. The molecule has 5 aromatic rings. The molecule has 246 valence electrons. The second-order valence-electron chi connectivity index (χ2n) is 11.8. The van der Waals surface area contributed by atoms with Gasteiger partial charge in [0.05, 0.1) is 47.9 Å². The van der Waals surface area contributed by atoms with E-state index in [1.807, 2.05) is 85.1 Å². The fourth-order valence-corrected chi connectivity index (χ4v) is 5.15. The lowest BCUT2D eigenvalue weighted by atomic mass is 10.1. The number of hydrogen-bond acceptors (Lipinski definition) is 5. The molecule has 0 saturated heterocycles. The van der Waals surface area contributed by atoms with E-state index in [4.69, 9.17) is 14.7 Å². The molecule has 6 nitrogen and oxygen atoms in total. The van der Waals surface area contributed by atoms with E-state index in [9.17, 15) is 0 Å². The lowest BCUT2D eigenvalue weighted by Crippen LogP contribution is -2.03. The van der Waals surface area contributed by atoms with Crippen LogP contribution in [0.3, 0.4) is 0 Å². The van der Waals surface area contributed by atoms with Gasteiger partial charge in [0.1, 0.15) is 17.2 Å². The molecule has 0 saturated carbocycles. The highest BCUT2D eigenvalue weighted by atomic mass is 16.5. The number of benzene rings is 4. The van der Waals surface area contributed by atoms with Crippen LogP contribution in [0.4, 0.5) is 0 Å². The third kappa shape index (κ3) is 10.4. The molecule has 0 aliphatic carbocycles. The topological polar surface area (TPSA) is 73.0 Å². The number of nitrogens with zero attached hydrogens (tertiary/aromatic N) is 4. The molecule has 0 spiro atoms. The molecule has 6 heteroatoms. The summed E-state index contributed by atoms with van der Waals surface area (Å²) in [7, 11) is 0. The highest BCUT2D eigenvalue weighted by Gasteiger charge is 2.12. The number of aromatic nitrogens is 3. The standard InChI is InChI=1S/C43H42N4O2/c1-3-5-7-12-28-48-42-31-39(25-21-35-22-26-40(27-23-35)47-33-41(45-46-47)37-14-10-9-11-15-37)43(49-29-13-8-6-4-2)30-38(42)24-20-34-16-18-36(32-44)19-17-34/h9-11,14-19,22-23,26-27,30-31,33H,3-8,12-13,28-29H2,1-2H3. The van der Waals surface area contributed by atoms with Crippen molar-refractivity contribution in [3.05, 3.63) is 125 Å². The minimum Gasteiger partial charge on any atom is -0.492 e. The first kappa shape index (κ1) is 34.6. The van der Waals surface area contributed by atoms with Crippen molar-refractivity contribution in [2.45, 2.75) is 65.2 Å². The molecular weight excluding hydrogens is 604 g/mol. The molecule has 4 aromatic carbocycles. The second-order valence-corrected chi connectivity index (χ2v) is 11.8. The molecular formula is C43H42N4O2. The van der Waals surface area contributed by atoms with Crippen LogP contribution in [-0.4, -0.2) is 28.2 Å². The van der Waals surface area contributed by atoms with Gasteiger partial charge in [0.2, 0.25) is 0 Å². The number of ether oxygens (including phenoxy) is 2. The predicted octanol–water partition coefficient (Wildman–Crippen LogP) is 9.52. The van der Waals surface area contributed by atoms with Crippen molar-refractivity contribution in [3.63, 3.8) is 0 Å². The molecule has 0 unspecified atom stereocenters. The lowest BCUT2D eigenvalue weighted by Gasteiger charge is -2.14. The lowest BCUT2D eigenvalue weighted by molar-refractivity contribution is 0.295. The zero-order valence-electron chi connectivity index (χ0n) is 28.4. The molecule has 0 aliphatic rings. The molecule has 0 bridgehead atoms. The average molecular weight is 647 g/mol. The van der Waals surface area contributed by atoms with E-state index in [0.29, 0.717) is 30.3 Å². The van der Waals surface area contributed by atoms with E-state index in [-0.39, 0.29) is 0 Å². The molecule has 5 rings (SSSR count). The van der Waals surface area contributed by atoms with Crippen LogP contribution in [0.25, 0.3) is 16.9 Å². The summed E-state index contributed by atoms with van der Waals surface area (Å²) in [5.41, 5.74) is 6.55. The summed E-state index contributed by atoms with van der Waals surface area (Å²) >= 11 is 0. The Bertz CT molecular complexity index is 1950. The van der Waals surface area contributed by atoms with Gasteiger partial charge in [-0.3, -0.25) is 0 Å². The quantitative estimate of drug-likeness (QED) is 0.0888. The van der Waals surface area contributed by atoms with Crippen LogP contribution in [-0.2, 0) is 0 Å².